The molecule has 0 bridgehead atoms. The molecule has 5 rings (SSSR count). The summed E-state index contributed by atoms with van der Waals surface area (Å²) < 4.78 is 49.7. The summed E-state index contributed by atoms with van der Waals surface area (Å²) in [5.41, 5.74) is 0.483. The second-order valence-corrected chi connectivity index (χ2v) is 10.2. The average molecular weight is 467 g/mol. The molecule has 0 radical (unpaired) electrons. The minimum Gasteiger partial charge on any atom is -0.497 e. The normalized spacial score (nSPS) is 21.8. The number of amides is 1. The molecule has 0 spiro atoms. The molecule has 3 aromatic carbocycles. The van der Waals surface area contributed by atoms with Crippen molar-refractivity contribution in [2.24, 2.45) is 0 Å². The second-order valence-electron chi connectivity index (χ2n) is 8.37. The number of fused-ring (bicyclic) bond motifs is 3. The summed E-state index contributed by atoms with van der Waals surface area (Å²) >= 11 is 0. The highest BCUT2D eigenvalue weighted by atomic mass is 32.2. The number of methoxy groups -OCH3 is 1. The number of alkyl halides is 1. The number of hydrogen-bond donors (Lipinski definition) is 0. The molecule has 6 nitrogen and oxygen atoms in total. The Hall–Kier alpha value is -3.39. The maximum Gasteiger partial charge on any atom is 0.268 e. The first-order chi connectivity index (χ1) is 15.8. The van der Waals surface area contributed by atoms with Gasteiger partial charge < -0.3 is 9.64 Å². The van der Waals surface area contributed by atoms with E-state index in [1.807, 2.05) is 25.1 Å². The van der Waals surface area contributed by atoms with E-state index >= 15 is 4.39 Å². The Morgan fingerprint density at radius 3 is 2.39 bits per heavy atom. The quantitative estimate of drug-likeness (QED) is 0.566. The van der Waals surface area contributed by atoms with E-state index in [2.05, 4.69) is 0 Å². The van der Waals surface area contributed by atoms with Gasteiger partial charge in [-0.2, -0.15) is 0 Å². The van der Waals surface area contributed by atoms with Crippen LogP contribution in [0.2, 0.25) is 0 Å². The maximum atomic E-state index is 16.7. The molecule has 0 unspecified atom stereocenters. The Kier molecular flexibility index (Phi) is 4.93. The van der Waals surface area contributed by atoms with Crippen LogP contribution in [0.4, 0.5) is 10.1 Å². The van der Waals surface area contributed by atoms with Gasteiger partial charge in [0.1, 0.15) is 5.75 Å². The van der Waals surface area contributed by atoms with Crippen molar-refractivity contribution in [2.45, 2.75) is 36.6 Å². The third-order valence-electron chi connectivity index (χ3n) is 6.37. The van der Waals surface area contributed by atoms with Crippen molar-refractivity contribution in [2.75, 3.05) is 12.0 Å². The van der Waals surface area contributed by atoms with Gasteiger partial charge in [-0.1, -0.05) is 48.5 Å². The van der Waals surface area contributed by atoms with Crippen LogP contribution in [0.1, 0.15) is 23.1 Å². The summed E-state index contributed by atoms with van der Waals surface area (Å²) in [7, 11) is -2.69. The predicted octanol–water partition coefficient (Wildman–Crippen LogP) is 4.14. The van der Waals surface area contributed by atoms with Crippen LogP contribution in [0.25, 0.3) is 0 Å². The van der Waals surface area contributed by atoms with E-state index in [0.717, 1.165) is 15.4 Å². The number of halogens is 1. The summed E-state index contributed by atoms with van der Waals surface area (Å²) in [5, 5.41) is 0. The Labute approximate surface area is 192 Å². The zero-order valence-electron chi connectivity index (χ0n) is 18.2. The molecule has 0 saturated carbocycles. The topological polar surface area (TPSA) is 66.9 Å². The smallest absolute Gasteiger partial charge is 0.268 e. The first-order valence-electron chi connectivity index (χ1n) is 10.6. The molecule has 33 heavy (non-hydrogen) atoms. The van der Waals surface area contributed by atoms with E-state index in [9.17, 15) is 13.2 Å². The van der Waals surface area contributed by atoms with Crippen LogP contribution in [0.5, 0.6) is 5.75 Å². The number of benzene rings is 3. The summed E-state index contributed by atoms with van der Waals surface area (Å²) in [5.74, 6) is -0.0702. The first-order valence-corrected chi connectivity index (χ1v) is 12.0. The molecular weight excluding hydrogens is 443 g/mol. The Morgan fingerprint density at radius 1 is 1.03 bits per heavy atom. The standard InChI is InChI=1S/C25H23FN2O4S/c1-17-7-6-10-21-23(17)27(16-18-11-13-19(32-2)14-12-18)24-25(21,26)15-22(29)28(24)33(30,31)20-8-4-3-5-9-20/h3-14,24H,15-16H2,1-2H3/t24-,25+/m0/s1. The SMILES string of the molecule is COc1ccc(CN2c3c(C)cccc3[C@]3(F)CC(=O)N(S(=O)(=O)c4ccccc4)[C@H]23)cc1. The molecule has 0 N–H and O–H groups in total. The largest absolute Gasteiger partial charge is 0.497 e. The van der Waals surface area contributed by atoms with Gasteiger partial charge in [-0.05, 0) is 42.3 Å². The predicted molar refractivity (Wildman–Crippen MR) is 122 cm³/mol. The highest BCUT2D eigenvalue weighted by Crippen LogP contribution is 2.56. The van der Waals surface area contributed by atoms with Gasteiger partial charge in [-0.15, -0.1) is 0 Å². The number of anilines is 1. The van der Waals surface area contributed by atoms with Crippen molar-refractivity contribution in [3.05, 3.63) is 89.5 Å². The molecule has 3 aromatic rings. The molecule has 2 heterocycles. The third-order valence-corrected chi connectivity index (χ3v) is 8.15. The van der Waals surface area contributed by atoms with E-state index in [1.165, 1.54) is 12.1 Å². The number of carbonyl (C=O) groups is 1. The number of aryl methyl sites for hydroxylation is 1. The van der Waals surface area contributed by atoms with Crippen molar-refractivity contribution in [1.29, 1.82) is 0 Å². The zero-order valence-corrected chi connectivity index (χ0v) is 19.0. The fourth-order valence-electron chi connectivity index (χ4n) is 4.88. The van der Waals surface area contributed by atoms with Crippen molar-refractivity contribution in [3.63, 3.8) is 0 Å². The zero-order chi connectivity index (χ0) is 23.4. The molecule has 1 fully saturated rings. The lowest BCUT2D eigenvalue weighted by Crippen LogP contribution is -2.51. The molecule has 8 heteroatoms. The van der Waals surface area contributed by atoms with Crippen molar-refractivity contribution in [3.8, 4) is 5.75 Å². The number of para-hydroxylation sites is 1. The Morgan fingerprint density at radius 2 is 1.73 bits per heavy atom. The van der Waals surface area contributed by atoms with Crippen LogP contribution >= 0.6 is 0 Å². The third kappa shape index (κ3) is 3.20. The number of hydrogen-bond acceptors (Lipinski definition) is 5. The number of rotatable bonds is 5. The van der Waals surface area contributed by atoms with Gasteiger partial charge in [0, 0.05) is 17.8 Å². The minimum atomic E-state index is -4.26. The number of nitrogens with zero attached hydrogens (tertiary/aromatic N) is 2. The van der Waals surface area contributed by atoms with Gasteiger partial charge in [-0.25, -0.2) is 17.1 Å². The lowest BCUT2D eigenvalue weighted by Gasteiger charge is -2.34. The van der Waals surface area contributed by atoms with Crippen LogP contribution in [-0.2, 0) is 27.0 Å². The molecule has 2 atom stereocenters. The van der Waals surface area contributed by atoms with Gasteiger partial charge in [0.2, 0.25) is 5.91 Å². The molecule has 2 aliphatic heterocycles. The molecule has 2 aliphatic rings. The summed E-state index contributed by atoms with van der Waals surface area (Å²) in [4.78, 5) is 14.7. The minimum absolute atomic E-state index is 0.0420. The summed E-state index contributed by atoms with van der Waals surface area (Å²) in [6.07, 6.45) is -1.84. The molecular formula is C25H23FN2O4S. The maximum absolute atomic E-state index is 16.7. The second kappa shape index (κ2) is 7.59. The monoisotopic (exact) mass is 466 g/mol. The van der Waals surface area contributed by atoms with Gasteiger partial charge in [0.05, 0.1) is 18.4 Å². The summed E-state index contributed by atoms with van der Waals surface area (Å²) in [6.45, 7) is 2.09. The first kappa shape index (κ1) is 21.5. The molecule has 0 aromatic heterocycles. The lowest BCUT2D eigenvalue weighted by molar-refractivity contribution is -0.124. The summed E-state index contributed by atoms with van der Waals surface area (Å²) in [6, 6.07) is 20.2. The molecule has 170 valence electrons. The van der Waals surface area contributed by atoms with E-state index in [0.29, 0.717) is 17.0 Å². The highest BCUT2D eigenvalue weighted by Gasteiger charge is 2.65. The lowest BCUT2D eigenvalue weighted by atomic mass is 9.94. The highest BCUT2D eigenvalue weighted by molar-refractivity contribution is 7.89. The van der Waals surface area contributed by atoms with Crippen LogP contribution in [0.3, 0.4) is 0 Å². The van der Waals surface area contributed by atoms with E-state index in [4.69, 9.17) is 4.74 Å². The van der Waals surface area contributed by atoms with Crippen LogP contribution < -0.4 is 9.64 Å². The Balaban J connectivity index is 1.66. The van der Waals surface area contributed by atoms with E-state index < -0.39 is 34.2 Å². The van der Waals surface area contributed by atoms with E-state index in [1.54, 1.807) is 54.5 Å². The number of carbonyl (C=O) groups excluding carboxylic acids is 1. The van der Waals surface area contributed by atoms with Gasteiger partial charge in [-0.3, -0.25) is 4.79 Å². The van der Waals surface area contributed by atoms with Crippen LogP contribution in [-0.4, -0.2) is 31.9 Å². The fourth-order valence-corrected chi connectivity index (χ4v) is 6.49. The molecule has 1 amide bonds. The van der Waals surface area contributed by atoms with Gasteiger partial charge in [0.15, 0.2) is 11.8 Å². The average Bonchev–Trinajstić information content (AvgIpc) is 3.22. The van der Waals surface area contributed by atoms with Crippen LogP contribution in [0.15, 0.2) is 77.7 Å². The van der Waals surface area contributed by atoms with Crippen molar-refractivity contribution in [1.82, 2.24) is 4.31 Å². The van der Waals surface area contributed by atoms with Gasteiger partial charge in [0.25, 0.3) is 10.0 Å². The number of sulfonamides is 1. The van der Waals surface area contributed by atoms with Crippen LogP contribution in [0, 0.1) is 6.92 Å². The molecule has 0 aliphatic carbocycles. The molecule has 1 saturated heterocycles. The van der Waals surface area contributed by atoms with Gasteiger partial charge >= 0.3 is 0 Å². The number of ether oxygens (including phenoxy) is 1. The van der Waals surface area contributed by atoms with Crippen molar-refractivity contribution < 1.29 is 22.3 Å². The Bertz CT molecular complexity index is 1330. The van der Waals surface area contributed by atoms with Crippen molar-refractivity contribution >= 4 is 21.6 Å². The fraction of sp³-hybridized carbons (Fsp3) is 0.240. The van der Waals surface area contributed by atoms with E-state index in [-0.39, 0.29) is 11.4 Å².